The first-order valence-corrected chi connectivity index (χ1v) is 19.6. The highest BCUT2D eigenvalue weighted by Crippen LogP contribution is 2.47. The molecule has 0 amide bonds. The molecule has 0 radical (unpaired) electrons. The summed E-state index contributed by atoms with van der Waals surface area (Å²) in [5, 5.41) is 7.80. The molecule has 11 rings (SSSR count). The molecule has 2 heteroatoms. The van der Waals surface area contributed by atoms with Crippen LogP contribution in [0.15, 0.2) is 176 Å². The highest BCUT2D eigenvalue weighted by Gasteiger charge is 2.33. The Morgan fingerprint density at radius 1 is 0.436 bits per heavy atom. The molecular formula is C53H38N2. The number of allylic oxidation sites excluding steroid dienone is 8. The topological polar surface area (TPSA) is 25.8 Å². The van der Waals surface area contributed by atoms with Crippen molar-refractivity contribution in [2.24, 2.45) is 5.92 Å². The average molecular weight is 703 g/mol. The summed E-state index contributed by atoms with van der Waals surface area (Å²) in [6, 6.07) is 53.1. The molecule has 0 saturated heterocycles. The molecule has 7 aromatic carbocycles. The van der Waals surface area contributed by atoms with Crippen molar-refractivity contribution < 1.29 is 0 Å². The van der Waals surface area contributed by atoms with Crippen LogP contribution < -0.4 is 0 Å². The van der Waals surface area contributed by atoms with Crippen LogP contribution in [0.4, 0.5) is 0 Å². The van der Waals surface area contributed by atoms with Crippen molar-refractivity contribution in [2.75, 3.05) is 0 Å². The van der Waals surface area contributed by atoms with E-state index in [1.54, 1.807) is 0 Å². The van der Waals surface area contributed by atoms with Crippen molar-refractivity contribution in [3.8, 4) is 33.8 Å². The Balaban J connectivity index is 0.985. The third-order valence-corrected chi connectivity index (χ3v) is 11.9. The van der Waals surface area contributed by atoms with Crippen LogP contribution in [0, 0.1) is 5.92 Å². The summed E-state index contributed by atoms with van der Waals surface area (Å²) in [6.07, 6.45) is 15.8. The maximum Gasteiger partial charge on any atom is 0.160 e. The molecule has 3 aliphatic rings. The zero-order valence-electron chi connectivity index (χ0n) is 30.5. The van der Waals surface area contributed by atoms with Crippen LogP contribution in [0.5, 0.6) is 0 Å². The minimum Gasteiger partial charge on any atom is -0.228 e. The van der Waals surface area contributed by atoms with Crippen molar-refractivity contribution in [1.82, 2.24) is 9.97 Å². The lowest BCUT2D eigenvalue weighted by Gasteiger charge is -2.18. The molecule has 0 saturated carbocycles. The summed E-state index contributed by atoms with van der Waals surface area (Å²) in [5.74, 6) is 1.18. The van der Waals surface area contributed by atoms with E-state index < -0.39 is 0 Å². The van der Waals surface area contributed by atoms with E-state index >= 15 is 0 Å². The minimum atomic E-state index is 0.393. The van der Waals surface area contributed by atoms with Crippen LogP contribution in [0.2, 0.25) is 0 Å². The molecule has 2 nitrogen and oxygen atoms in total. The molecule has 1 heterocycles. The number of aromatic nitrogens is 2. The first-order valence-electron chi connectivity index (χ1n) is 19.6. The number of hydrogen-bond donors (Lipinski definition) is 0. The Hall–Kier alpha value is -6.64. The van der Waals surface area contributed by atoms with Gasteiger partial charge in [0.25, 0.3) is 0 Å². The van der Waals surface area contributed by atoms with Crippen molar-refractivity contribution in [1.29, 1.82) is 0 Å². The fraction of sp³-hybridized carbons (Fsp3) is 0.0943. The molecule has 0 bridgehead atoms. The first-order chi connectivity index (χ1) is 27.2. The van der Waals surface area contributed by atoms with Gasteiger partial charge in [0.1, 0.15) is 0 Å². The minimum absolute atomic E-state index is 0.393. The number of nitrogens with zero attached hydrogens (tertiary/aromatic N) is 2. The van der Waals surface area contributed by atoms with Crippen LogP contribution in [0.1, 0.15) is 41.6 Å². The fourth-order valence-corrected chi connectivity index (χ4v) is 9.13. The third kappa shape index (κ3) is 5.48. The van der Waals surface area contributed by atoms with Crippen LogP contribution in [-0.4, -0.2) is 9.97 Å². The van der Waals surface area contributed by atoms with Gasteiger partial charge in [-0.15, -0.1) is 0 Å². The monoisotopic (exact) mass is 702 g/mol. The van der Waals surface area contributed by atoms with Gasteiger partial charge in [0.2, 0.25) is 0 Å². The quantitative estimate of drug-likeness (QED) is 0.167. The van der Waals surface area contributed by atoms with Crippen LogP contribution in [0.25, 0.3) is 82.8 Å². The van der Waals surface area contributed by atoms with Crippen molar-refractivity contribution >= 4 is 49.0 Å². The zero-order valence-corrected chi connectivity index (χ0v) is 30.5. The number of benzene rings is 7. The van der Waals surface area contributed by atoms with E-state index in [9.17, 15) is 0 Å². The van der Waals surface area contributed by atoms with E-state index in [0.29, 0.717) is 5.92 Å². The zero-order chi connectivity index (χ0) is 36.3. The van der Waals surface area contributed by atoms with Gasteiger partial charge in [0.15, 0.2) is 5.82 Å². The first kappa shape index (κ1) is 31.8. The number of rotatable bonds is 5. The normalized spacial score (nSPS) is 16.1. The van der Waals surface area contributed by atoms with Crippen LogP contribution in [-0.2, 0) is 6.42 Å². The smallest absolute Gasteiger partial charge is 0.160 e. The molecule has 8 aromatic rings. The van der Waals surface area contributed by atoms with Crippen LogP contribution in [0.3, 0.4) is 0 Å². The summed E-state index contributed by atoms with van der Waals surface area (Å²) in [5.41, 5.74) is 14.4. The van der Waals surface area contributed by atoms with Gasteiger partial charge < -0.3 is 0 Å². The van der Waals surface area contributed by atoms with Crippen molar-refractivity contribution in [2.45, 2.75) is 25.7 Å². The van der Waals surface area contributed by atoms with Crippen LogP contribution >= 0.6 is 0 Å². The Labute approximate surface area is 321 Å². The second-order valence-corrected chi connectivity index (χ2v) is 15.1. The molecule has 0 fully saturated rings. The summed E-state index contributed by atoms with van der Waals surface area (Å²) in [4.78, 5) is 10.7. The highest BCUT2D eigenvalue weighted by molar-refractivity contribution is 6.25. The largest absolute Gasteiger partial charge is 0.228 e. The average Bonchev–Trinajstić information content (AvgIpc) is 3.65. The number of fused-ring (bicyclic) bond motifs is 9. The summed E-state index contributed by atoms with van der Waals surface area (Å²) in [6.45, 7) is 0. The molecule has 0 aliphatic heterocycles. The molecule has 0 spiro atoms. The third-order valence-electron chi connectivity index (χ3n) is 11.9. The molecule has 1 unspecified atom stereocenters. The van der Waals surface area contributed by atoms with Gasteiger partial charge in [0, 0.05) is 16.7 Å². The SMILES string of the molecule is C1=CC(c2ccc(-c3nc4c(c(-c5ccccc5)n3)CC3CC=C(c5cccc(-c6ccc7c8ccccc8c8ccccc8c7c6)c5)C=C43)cc2)=CCC1. The molecule has 3 aliphatic carbocycles. The van der Waals surface area contributed by atoms with Gasteiger partial charge in [-0.2, -0.15) is 0 Å². The van der Waals surface area contributed by atoms with E-state index in [1.165, 1.54) is 76.9 Å². The van der Waals surface area contributed by atoms with E-state index in [1.807, 2.05) is 0 Å². The van der Waals surface area contributed by atoms with E-state index in [2.05, 4.69) is 176 Å². The van der Waals surface area contributed by atoms with E-state index in [0.717, 1.165) is 54.0 Å². The predicted octanol–water partition coefficient (Wildman–Crippen LogP) is 13.7. The van der Waals surface area contributed by atoms with E-state index in [-0.39, 0.29) is 0 Å². The molecule has 0 N–H and O–H groups in total. The van der Waals surface area contributed by atoms with Gasteiger partial charge in [-0.3, -0.25) is 0 Å². The Morgan fingerprint density at radius 3 is 1.80 bits per heavy atom. The Kier molecular flexibility index (Phi) is 7.55. The summed E-state index contributed by atoms with van der Waals surface area (Å²) >= 11 is 0. The summed E-state index contributed by atoms with van der Waals surface area (Å²) in [7, 11) is 0. The Bertz CT molecular complexity index is 2930. The standard InChI is InChI=1S/C53H38N2/c1-3-12-34(13-4-1)35-22-24-37(25-23-35)53-54-51(36-14-5-2-6-15-36)50-33-42-27-26-40(31-48(42)52(50)55-53)38-16-11-17-39(30-38)41-28-29-47-45-20-8-7-18-43(45)44-19-9-10-21-46(44)49(47)32-41/h2-3,5-26,28-32,42H,1,4,27,33H2. The Morgan fingerprint density at radius 2 is 1.05 bits per heavy atom. The predicted molar refractivity (Wildman–Crippen MR) is 231 cm³/mol. The van der Waals surface area contributed by atoms with Crippen molar-refractivity contribution in [3.05, 3.63) is 198 Å². The maximum absolute atomic E-state index is 5.37. The number of hydrogen-bond acceptors (Lipinski definition) is 2. The molecule has 1 aromatic heterocycles. The lowest BCUT2D eigenvalue weighted by Crippen LogP contribution is -2.03. The van der Waals surface area contributed by atoms with Gasteiger partial charge in [-0.1, -0.05) is 158 Å². The van der Waals surface area contributed by atoms with Crippen molar-refractivity contribution in [3.63, 3.8) is 0 Å². The molecule has 1 atom stereocenters. The molecule has 55 heavy (non-hydrogen) atoms. The summed E-state index contributed by atoms with van der Waals surface area (Å²) < 4.78 is 0. The highest BCUT2D eigenvalue weighted by atomic mass is 14.9. The van der Waals surface area contributed by atoms with Gasteiger partial charge >= 0.3 is 0 Å². The fourth-order valence-electron chi connectivity index (χ4n) is 9.13. The van der Waals surface area contributed by atoms with Gasteiger partial charge in [0.05, 0.1) is 11.4 Å². The second kappa shape index (κ2) is 13.0. The lowest BCUT2D eigenvalue weighted by molar-refractivity contribution is 0.703. The molecular weight excluding hydrogens is 665 g/mol. The molecule has 260 valence electrons. The van der Waals surface area contributed by atoms with E-state index in [4.69, 9.17) is 9.97 Å². The second-order valence-electron chi connectivity index (χ2n) is 15.1. The lowest BCUT2D eigenvalue weighted by atomic mass is 9.86. The van der Waals surface area contributed by atoms with Gasteiger partial charge in [-0.25, -0.2) is 9.97 Å². The van der Waals surface area contributed by atoms with Gasteiger partial charge in [-0.05, 0) is 121 Å². The maximum atomic E-state index is 5.37.